The van der Waals surface area contributed by atoms with Crippen molar-refractivity contribution in [2.24, 2.45) is 0 Å². The first kappa shape index (κ1) is 53.7. The molecule has 53 heavy (non-hydrogen) atoms. The van der Waals surface area contributed by atoms with Crippen molar-refractivity contribution in [3.8, 4) is 0 Å². The maximum Gasteiger partial charge on any atom is 0.476 e. The van der Waals surface area contributed by atoms with E-state index in [2.05, 4.69) is 55.1 Å². The van der Waals surface area contributed by atoms with Gasteiger partial charge in [-0.2, -0.15) is 0 Å². The molecule has 0 aromatic rings. The van der Waals surface area contributed by atoms with Gasteiger partial charge in [-0.05, 0) is 13.5 Å². The second kappa shape index (κ2) is 26.0. The Hall–Kier alpha value is 0.730. The van der Waals surface area contributed by atoms with Crippen LogP contribution in [0.4, 0.5) is 0 Å². The highest BCUT2D eigenvalue weighted by Crippen LogP contribution is 2.51. The molecule has 7 atom stereocenters. The predicted molar refractivity (Wildman–Crippen MR) is 171 cm³/mol. The van der Waals surface area contributed by atoms with Crippen LogP contribution in [0.2, 0.25) is 0 Å². The highest BCUT2D eigenvalue weighted by molar-refractivity contribution is 7.49. The first-order valence-electron chi connectivity index (χ1n) is 14.2. The van der Waals surface area contributed by atoms with Gasteiger partial charge in [-0.25, -0.2) is 32.0 Å². The summed E-state index contributed by atoms with van der Waals surface area (Å²) in [6, 6.07) is 0. The summed E-state index contributed by atoms with van der Waals surface area (Å²) >= 11 is 0. The van der Waals surface area contributed by atoms with E-state index >= 15 is 0 Å². The molecule has 36 heteroatoms. The van der Waals surface area contributed by atoms with Crippen molar-refractivity contribution in [3.05, 3.63) is 0 Å². The summed E-state index contributed by atoms with van der Waals surface area (Å²) in [4.78, 5) is 64.8. The third-order valence-corrected chi connectivity index (χ3v) is 11.8. The minimum absolute atomic E-state index is 0.413. The molecule has 0 radical (unpaired) electrons. The lowest BCUT2D eigenvalue weighted by molar-refractivity contribution is 0.0592. The number of hydrogen-bond donors (Lipinski definition) is 8. The van der Waals surface area contributed by atoms with Gasteiger partial charge in [-0.15, -0.1) is 0 Å². The summed E-state index contributed by atoms with van der Waals surface area (Å²) in [5.41, 5.74) is 0. The van der Waals surface area contributed by atoms with E-state index in [-0.39, 0.29) is 0 Å². The average molecular weight is 927 g/mol. The summed E-state index contributed by atoms with van der Waals surface area (Å²) in [5, 5.41) is 2.71. The smallest absolute Gasteiger partial charge is 0.303 e. The van der Waals surface area contributed by atoms with E-state index in [1.54, 1.807) is 14.0 Å². The molecule has 0 aliphatic heterocycles. The van der Waals surface area contributed by atoms with Gasteiger partial charge < -0.3 is 34.3 Å². The fourth-order valence-electron chi connectivity index (χ4n) is 2.63. The largest absolute Gasteiger partial charge is 0.476 e. The predicted octanol–water partition coefficient (Wildman–Crippen LogP) is 1.51. The number of hydrogen-bond acceptors (Lipinski definition) is 22. The van der Waals surface area contributed by atoms with Gasteiger partial charge in [0.05, 0.1) is 79.3 Å². The van der Waals surface area contributed by atoms with Gasteiger partial charge in [0.25, 0.3) is 0 Å². The Balaban J connectivity index is 4.22. The Morgan fingerprint density at radius 1 is 0.434 bits per heavy atom. The zero-order valence-corrected chi connectivity index (χ0v) is 34.4. The van der Waals surface area contributed by atoms with Crippen molar-refractivity contribution in [2.75, 3.05) is 93.4 Å². The molecule has 0 aliphatic carbocycles. The molecular weight excluding hydrogens is 883 g/mol. The molecule has 0 amide bonds. The van der Waals surface area contributed by atoms with Crippen LogP contribution in [-0.2, 0) is 95.3 Å². The fourth-order valence-corrected chi connectivity index (χ4v) is 7.49. The third kappa shape index (κ3) is 30.5. The van der Waals surface area contributed by atoms with E-state index in [4.69, 9.17) is 23.4 Å². The SMILES string of the molecule is CCC(NC)OP(=O)(OC)OCCOP(=O)(O)OCCOP(=O)(O)OCCOP(=O)(O)OCCOP(=O)(O)OCCOP(=O)(O)OCCOP(=O)(O)O. The van der Waals surface area contributed by atoms with Crippen LogP contribution in [0.5, 0.6) is 0 Å². The van der Waals surface area contributed by atoms with Crippen molar-refractivity contribution in [2.45, 2.75) is 19.6 Å². The zero-order chi connectivity index (χ0) is 40.9. The van der Waals surface area contributed by atoms with E-state index in [1.165, 1.54) is 0 Å². The van der Waals surface area contributed by atoms with E-state index in [9.17, 15) is 56.4 Å². The van der Waals surface area contributed by atoms with Crippen LogP contribution < -0.4 is 5.32 Å². The minimum Gasteiger partial charge on any atom is -0.303 e. The van der Waals surface area contributed by atoms with Gasteiger partial charge in [0, 0.05) is 7.11 Å². The molecule has 0 bridgehead atoms. The molecule has 0 spiro atoms. The Kier molecular flexibility index (Phi) is 26.3. The molecule has 0 aromatic heterocycles. The lowest BCUT2D eigenvalue weighted by atomic mass is 10.4. The quantitative estimate of drug-likeness (QED) is 0.0254. The van der Waals surface area contributed by atoms with Crippen LogP contribution in [0.15, 0.2) is 0 Å². The van der Waals surface area contributed by atoms with Gasteiger partial charge in [0.1, 0.15) is 6.23 Å². The first-order valence-corrected chi connectivity index (χ1v) is 24.7. The molecule has 29 nitrogen and oxygen atoms in total. The molecule has 0 aliphatic rings. The summed E-state index contributed by atoms with van der Waals surface area (Å²) < 4.78 is 145. The topological polar surface area (TPSA) is 402 Å². The van der Waals surface area contributed by atoms with Crippen LogP contribution in [0.1, 0.15) is 13.3 Å². The maximum absolute atomic E-state index is 12.4. The number of nitrogens with one attached hydrogen (secondary N) is 1. The molecule has 0 saturated heterocycles. The third-order valence-electron chi connectivity index (χ3n) is 4.73. The van der Waals surface area contributed by atoms with Crippen LogP contribution in [-0.4, -0.2) is 134 Å². The second-order valence-corrected chi connectivity index (χ2v) is 19.0. The second-order valence-electron chi connectivity index (χ2n) is 8.75. The molecular formula is C17H44NO28P7. The zero-order valence-electron chi connectivity index (χ0n) is 28.1. The van der Waals surface area contributed by atoms with Crippen molar-refractivity contribution in [1.29, 1.82) is 0 Å². The average Bonchev–Trinajstić information content (AvgIpc) is 3.05. The van der Waals surface area contributed by atoms with E-state index in [0.29, 0.717) is 6.42 Å². The summed E-state index contributed by atoms with van der Waals surface area (Å²) in [5.74, 6) is 0. The Labute approximate surface area is 302 Å². The van der Waals surface area contributed by atoms with Gasteiger partial charge in [0.2, 0.25) is 0 Å². The molecule has 7 unspecified atom stereocenters. The fraction of sp³-hybridized carbons (Fsp3) is 1.00. The summed E-state index contributed by atoms with van der Waals surface area (Å²) in [7, 11) is -30.3. The lowest BCUT2D eigenvalue weighted by Crippen LogP contribution is -2.27. The highest BCUT2D eigenvalue weighted by Gasteiger charge is 2.30. The standard InChI is InChI=1S/C17H44NO28P7/c1-4-17(18-2)46-53(32,33-3)45-16-15-44-52(30,31)43-14-13-42-51(28,29)41-12-11-40-50(26,27)39-10-9-38-49(24,25)37-8-7-36-48(22,23)35-6-5-34-47(19,20)21/h17-18H,4-16H2,1-3H3,(H,22,23)(H,24,25)(H,26,27)(H,28,29)(H,30,31)(H2,19,20,21). The van der Waals surface area contributed by atoms with Gasteiger partial charge in [-0.1, -0.05) is 6.92 Å². The highest BCUT2D eigenvalue weighted by atomic mass is 31.2. The van der Waals surface area contributed by atoms with Crippen molar-refractivity contribution < 1.29 is 130 Å². The molecule has 0 aromatic carbocycles. The maximum atomic E-state index is 12.4. The Morgan fingerprint density at radius 3 is 0.849 bits per heavy atom. The Morgan fingerprint density at radius 2 is 0.660 bits per heavy atom. The first-order chi connectivity index (χ1) is 24.3. The molecule has 0 saturated carbocycles. The van der Waals surface area contributed by atoms with Crippen LogP contribution in [0, 0.1) is 0 Å². The summed E-state index contributed by atoms with van der Waals surface area (Å²) in [6.07, 6.45) is -0.251. The monoisotopic (exact) mass is 927 g/mol. The normalized spacial score (nSPS) is 20.0. The van der Waals surface area contributed by atoms with Gasteiger partial charge >= 0.3 is 54.8 Å². The van der Waals surface area contributed by atoms with Crippen LogP contribution >= 0.6 is 54.8 Å². The summed E-state index contributed by atoms with van der Waals surface area (Å²) in [6.45, 7) is -7.37. The van der Waals surface area contributed by atoms with Crippen LogP contribution in [0.3, 0.4) is 0 Å². The number of phosphoric ester groups is 7. The van der Waals surface area contributed by atoms with E-state index in [0.717, 1.165) is 7.11 Å². The van der Waals surface area contributed by atoms with Crippen molar-refractivity contribution >= 4 is 54.8 Å². The number of rotatable bonds is 35. The van der Waals surface area contributed by atoms with Crippen molar-refractivity contribution in [1.82, 2.24) is 5.32 Å². The molecule has 0 rings (SSSR count). The molecule has 320 valence electrons. The lowest BCUT2D eigenvalue weighted by Gasteiger charge is -2.21. The Bertz CT molecular complexity index is 1370. The molecule has 0 heterocycles. The number of phosphoric acid groups is 7. The van der Waals surface area contributed by atoms with E-state index in [1.807, 2.05) is 0 Å². The van der Waals surface area contributed by atoms with E-state index < -0.39 is 140 Å². The van der Waals surface area contributed by atoms with Gasteiger partial charge in [-0.3, -0.25) is 68.6 Å². The van der Waals surface area contributed by atoms with Crippen LogP contribution in [0.25, 0.3) is 0 Å². The van der Waals surface area contributed by atoms with Crippen molar-refractivity contribution in [3.63, 3.8) is 0 Å². The molecule has 0 fully saturated rings. The minimum atomic E-state index is -4.86. The molecule has 8 N–H and O–H groups in total. The van der Waals surface area contributed by atoms with Gasteiger partial charge in [0.15, 0.2) is 0 Å².